The molecule has 82 valence electrons. The van der Waals surface area contributed by atoms with E-state index in [1.54, 1.807) is 0 Å². The van der Waals surface area contributed by atoms with Crippen LogP contribution < -0.4 is 5.73 Å². The van der Waals surface area contributed by atoms with Gasteiger partial charge in [-0.25, -0.2) is 0 Å². The number of carboxylic acid groups (broad SMARTS) is 1. The topological polar surface area (TPSA) is 83.6 Å². The minimum atomic E-state index is -0.938. The Balaban J connectivity index is 2.37. The maximum Gasteiger partial charge on any atom is 0.305 e. The highest BCUT2D eigenvalue weighted by Gasteiger charge is 2.27. The van der Waals surface area contributed by atoms with Crippen LogP contribution in [0.5, 0.6) is 0 Å². The standard InChI is InChI=1S/C10H19NO3/c11-8(6-9(12)13)10(14)7-4-2-1-3-5-7/h7-8,10,14H,1-6,11H2,(H,12,13). The molecule has 1 aliphatic carbocycles. The minimum Gasteiger partial charge on any atom is -0.481 e. The van der Waals surface area contributed by atoms with Crippen molar-refractivity contribution < 1.29 is 15.0 Å². The lowest BCUT2D eigenvalue weighted by Gasteiger charge is -2.29. The van der Waals surface area contributed by atoms with Crippen LogP contribution >= 0.6 is 0 Å². The van der Waals surface area contributed by atoms with Crippen molar-refractivity contribution in [1.29, 1.82) is 0 Å². The van der Waals surface area contributed by atoms with E-state index in [0.29, 0.717) is 0 Å². The summed E-state index contributed by atoms with van der Waals surface area (Å²) >= 11 is 0. The number of hydrogen-bond donors (Lipinski definition) is 3. The summed E-state index contributed by atoms with van der Waals surface area (Å²) in [5, 5.41) is 18.3. The lowest BCUT2D eigenvalue weighted by atomic mass is 9.82. The molecule has 0 aromatic heterocycles. The fourth-order valence-corrected chi connectivity index (χ4v) is 2.15. The van der Waals surface area contributed by atoms with Crippen molar-refractivity contribution >= 4 is 5.97 Å². The van der Waals surface area contributed by atoms with E-state index in [1.165, 1.54) is 6.42 Å². The van der Waals surface area contributed by atoms with Crippen LogP contribution in [0.4, 0.5) is 0 Å². The fourth-order valence-electron chi connectivity index (χ4n) is 2.15. The molecular formula is C10H19NO3. The number of hydrogen-bond acceptors (Lipinski definition) is 3. The normalized spacial score (nSPS) is 23.0. The molecule has 0 heterocycles. The Morgan fingerprint density at radius 2 is 1.93 bits per heavy atom. The SMILES string of the molecule is NC(CC(=O)O)C(O)C1CCCCC1. The largest absolute Gasteiger partial charge is 0.481 e. The number of nitrogens with two attached hydrogens (primary N) is 1. The first-order chi connectivity index (χ1) is 6.61. The molecule has 1 aliphatic rings. The number of carboxylic acids is 1. The monoisotopic (exact) mass is 201 g/mol. The fraction of sp³-hybridized carbons (Fsp3) is 0.900. The first-order valence-electron chi connectivity index (χ1n) is 5.26. The molecule has 4 N–H and O–H groups in total. The quantitative estimate of drug-likeness (QED) is 0.626. The Kier molecular flexibility index (Phi) is 4.35. The van der Waals surface area contributed by atoms with Crippen molar-refractivity contribution in [1.82, 2.24) is 0 Å². The predicted octanol–water partition coefficient (Wildman–Crippen LogP) is 0.730. The van der Waals surface area contributed by atoms with E-state index in [1.807, 2.05) is 0 Å². The van der Waals surface area contributed by atoms with Crippen LogP contribution in [0.2, 0.25) is 0 Å². The maximum absolute atomic E-state index is 10.4. The first kappa shape index (κ1) is 11.5. The highest BCUT2D eigenvalue weighted by atomic mass is 16.4. The molecular weight excluding hydrogens is 182 g/mol. The maximum atomic E-state index is 10.4. The molecule has 0 aromatic carbocycles. The Morgan fingerprint density at radius 3 is 2.43 bits per heavy atom. The van der Waals surface area contributed by atoms with Crippen LogP contribution in [0.1, 0.15) is 38.5 Å². The number of carbonyl (C=O) groups is 1. The third-order valence-electron chi connectivity index (χ3n) is 2.98. The number of aliphatic hydroxyl groups is 1. The van der Waals surface area contributed by atoms with Gasteiger partial charge in [0.2, 0.25) is 0 Å². The van der Waals surface area contributed by atoms with Crippen LogP contribution in [0.25, 0.3) is 0 Å². The van der Waals surface area contributed by atoms with Crippen LogP contribution in [-0.2, 0) is 4.79 Å². The second-order valence-corrected chi connectivity index (χ2v) is 4.15. The molecule has 0 spiro atoms. The van der Waals surface area contributed by atoms with Crippen molar-refractivity contribution in [2.45, 2.75) is 50.7 Å². The molecule has 1 saturated carbocycles. The molecule has 4 heteroatoms. The van der Waals surface area contributed by atoms with Crippen molar-refractivity contribution in [2.24, 2.45) is 11.7 Å². The molecule has 1 rings (SSSR count). The van der Waals surface area contributed by atoms with Gasteiger partial charge < -0.3 is 15.9 Å². The van der Waals surface area contributed by atoms with E-state index in [9.17, 15) is 9.90 Å². The van der Waals surface area contributed by atoms with E-state index in [4.69, 9.17) is 10.8 Å². The average Bonchev–Trinajstić information content (AvgIpc) is 2.17. The molecule has 2 unspecified atom stereocenters. The van der Waals surface area contributed by atoms with Gasteiger partial charge in [-0.1, -0.05) is 19.3 Å². The molecule has 4 nitrogen and oxygen atoms in total. The van der Waals surface area contributed by atoms with E-state index < -0.39 is 18.1 Å². The first-order valence-corrected chi connectivity index (χ1v) is 5.26. The molecule has 0 saturated heterocycles. The summed E-state index contributed by atoms with van der Waals surface area (Å²) in [6.45, 7) is 0. The van der Waals surface area contributed by atoms with Gasteiger partial charge in [-0.3, -0.25) is 4.79 Å². The summed E-state index contributed by atoms with van der Waals surface area (Å²) in [7, 11) is 0. The second kappa shape index (κ2) is 5.32. The molecule has 2 atom stereocenters. The van der Waals surface area contributed by atoms with Crippen molar-refractivity contribution in [3.05, 3.63) is 0 Å². The molecule has 1 fully saturated rings. The van der Waals surface area contributed by atoms with Crippen molar-refractivity contribution in [2.75, 3.05) is 0 Å². The Hall–Kier alpha value is -0.610. The second-order valence-electron chi connectivity index (χ2n) is 4.15. The van der Waals surface area contributed by atoms with Crippen LogP contribution in [0, 0.1) is 5.92 Å². The minimum absolute atomic E-state index is 0.141. The third-order valence-corrected chi connectivity index (χ3v) is 2.98. The summed E-state index contributed by atoms with van der Waals surface area (Å²) < 4.78 is 0. The molecule has 0 bridgehead atoms. The zero-order valence-corrected chi connectivity index (χ0v) is 8.35. The summed E-state index contributed by atoms with van der Waals surface area (Å²) in [5.74, 6) is -0.731. The Labute approximate surface area is 84.1 Å². The van der Waals surface area contributed by atoms with E-state index in [-0.39, 0.29) is 12.3 Å². The molecule has 0 amide bonds. The van der Waals surface area contributed by atoms with Gasteiger partial charge in [0.25, 0.3) is 0 Å². The van der Waals surface area contributed by atoms with Crippen LogP contribution in [0.3, 0.4) is 0 Å². The Morgan fingerprint density at radius 1 is 1.36 bits per heavy atom. The van der Waals surface area contributed by atoms with Crippen molar-refractivity contribution in [3.63, 3.8) is 0 Å². The third kappa shape index (κ3) is 3.27. The van der Waals surface area contributed by atoms with Gasteiger partial charge in [0.1, 0.15) is 0 Å². The average molecular weight is 201 g/mol. The predicted molar refractivity (Wildman–Crippen MR) is 52.8 cm³/mol. The summed E-state index contributed by atoms with van der Waals surface area (Å²) in [6, 6.07) is -0.615. The van der Waals surface area contributed by atoms with Gasteiger partial charge in [0.05, 0.1) is 12.5 Å². The molecule has 0 radical (unpaired) electrons. The highest BCUT2D eigenvalue weighted by Crippen LogP contribution is 2.27. The molecule has 0 aromatic rings. The van der Waals surface area contributed by atoms with Gasteiger partial charge in [-0.2, -0.15) is 0 Å². The smallest absolute Gasteiger partial charge is 0.305 e. The van der Waals surface area contributed by atoms with Gasteiger partial charge in [-0.05, 0) is 18.8 Å². The van der Waals surface area contributed by atoms with Gasteiger partial charge >= 0.3 is 5.97 Å². The zero-order valence-electron chi connectivity index (χ0n) is 8.35. The lowest BCUT2D eigenvalue weighted by Crippen LogP contribution is -2.42. The highest BCUT2D eigenvalue weighted by molar-refractivity contribution is 5.67. The zero-order chi connectivity index (χ0) is 10.6. The van der Waals surface area contributed by atoms with E-state index >= 15 is 0 Å². The number of aliphatic hydroxyl groups excluding tert-OH is 1. The van der Waals surface area contributed by atoms with Gasteiger partial charge in [-0.15, -0.1) is 0 Å². The van der Waals surface area contributed by atoms with Gasteiger partial charge in [0.15, 0.2) is 0 Å². The Bertz CT molecular complexity index is 190. The van der Waals surface area contributed by atoms with E-state index in [0.717, 1.165) is 25.7 Å². The van der Waals surface area contributed by atoms with Gasteiger partial charge in [0, 0.05) is 6.04 Å². The van der Waals surface area contributed by atoms with Crippen LogP contribution in [0.15, 0.2) is 0 Å². The number of aliphatic carboxylic acids is 1. The summed E-state index contributed by atoms with van der Waals surface area (Å²) in [6.07, 6.45) is 4.65. The molecule has 0 aliphatic heterocycles. The molecule has 14 heavy (non-hydrogen) atoms. The lowest BCUT2D eigenvalue weighted by molar-refractivity contribution is -0.138. The summed E-state index contributed by atoms with van der Waals surface area (Å²) in [4.78, 5) is 10.4. The van der Waals surface area contributed by atoms with E-state index in [2.05, 4.69) is 0 Å². The number of rotatable bonds is 4. The van der Waals surface area contributed by atoms with Crippen molar-refractivity contribution in [3.8, 4) is 0 Å². The summed E-state index contributed by atoms with van der Waals surface area (Å²) in [5.41, 5.74) is 5.62. The van der Waals surface area contributed by atoms with Crippen LogP contribution in [-0.4, -0.2) is 28.3 Å².